The molecule has 0 spiro atoms. The molecule has 0 N–H and O–H groups in total. The lowest BCUT2D eigenvalue weighted by atomic mass is 10.0. The van der Waals surface area contributed by atoms with E-state index < -0.39 is 0 Å². The monoisotopic (exact) mass is 230 g/mol. The van der Waals surface area contributed by atoms with E-state index in [2.05, 4.69) is 0 Å². The second-order valence-electron chi connectivity index (χ2n) is 3.58. The highest BCUT2D eigenvalue weighted by Gasteiger charge is 2.16. The Morgan fingerprint density at radius 2 is 1.94 bits per heavy atom. The zero-order valence-corrected chi connectivity index (χ0v) is 9.90. The van der Waals surface area contributed by atoms with Crippen molar-refractivity contribution >= 4 is 16.7 Å². The van der Waals surface area contributed by atoms with Crippen molar-refractivity contribution in [2.75, 3.05) is 13.7 Å². The van der Waals surface area contributed by atoms with Gasteiger partial charge in [0.05, 0.1) is 13.7 Å². The summed E-state index contributed by atoms with van der Waals surface area (Å²) >= 11 is 0. The van der Waals surface area contributed by atoms with Crippen LogP contribution < -0.4 is 4.74 Å². The van der Waals surface area contributed by atoms with Crippen molar-refractivity contribution in [3.63, 3.8) is 0 Å². The second kappa shape index (κ2) is 4.87. The number of fused-ring (bicyclic) bond motifs is 1. The van der Waals surface area contributed by atoms with Crippen LogP contribution in [-0.4, -0.2) is 19.7 Å². The van der Waals surface area contributed by atoms with E-state index in [1.54, 1.807) is 6.07 Å². The van der Waals surface area contributed by atoms with Gasteiger partial charge in [0.25, 0.3) is 0 Å². The molecule has 2 rings (SSSR count). The van der Waals surface area contributed by atoms with Gasteiger partial charge in [-0.1, -0.05) is 30.3 Å². The Hall–Kier alpha value is -2.03. The first-order valence-corrected chi connectivity index (χ1v) is 5.50. The predicted octanol–water partition coefficient (Wildman–Crippen LogP) is 3.03. The maximum absolute atomic E-state index is 11.8. The maximum Gasteiger partial charge on any atom is 0.342 e. The molecule has 0 saturated carbocycles. The SMILES string of the molecule is CCOc1ccc2ccccc2c1C(=O)OC. The van der Waals surface area contributed by atoms with Crippen LogP contribution in [0, 0.1) is 0 Å². The number of ether oxygens (including phenoxy) is 2. The molecular formula is C14H14O3. The highest BCUT2D eigenvalue weighted by Crippen LogP contribution is 2.28. The molecule has 17 heavy (non-hydrogen) atoms. The van der Waals surface area contributed by atoms with Gasteiger partial charge in [-0.25, -0.2) is 4.79 Å². The zero-order chi connectivity index (χ0) is 12.3. The van der Waals surface area contributed by atoms with Crippen molar-refractivity contribution in [3.05, 3.63) is 42.0 Å². The van der Waals surface area contributed by atoms with Gasteiger partial charge in [-0.15, -0.1) is 0 Å². The van der Waals surface area contributed by atoms with Crippen LogP contribution in [0.25, 0.3) is 10.8 Å². The lowest BCUT2D eigenvalue weighted by molar-refractivity contribution is 0.0599. The fourth-order valence-electron chi connectivity index (χ4n) is 1.84. The molecule has 0 amide bonds. The molecule has 0 fully saturated rings. The molecule has 0 aliphatic rings. The van der Waals surface area contributed by atoms with Gasteiger partial charge in [-0.2, -0.15) is 0 Å². The molecule has 0 saturated heterocycles. The van der Waals surface area contributed by atoms with Crippen LogP contribution in [0.2, 0.25) is 0 Å². The van der Waals surface area contributed by atoms with Gasteiger partial charge in [-0.3, -0.25) is 0 Å². The first-order valence-electron chi connectivity index (χ1n) is 5.50. The third-order valence-corrected chi connectivity index (χ3v) is 2.58. The van der Waals surface area contributed by atoms with E-state index in [0.29, 0.717) is 17.9 Å². The number of hydrogen-bond acceptors (Lipinski definition) is 3. The molecule has 3 nitrogen and oxygen atoms in total. The summed E-state index contributed by atoms with van der Waals surface area (Å²) in [4.78, 5) is 11.8. The molecule has 0 bridgehead atoms. The van der Waals surface area contributed by atoms with E-state index in [1.807, 2.05) is 37.3 Å². The van der Waals surface area contributed by atoms with Crippen LogP contribution in [0.3, 0.4) is 0 Å². The van der Waals surface area contributed by atoms with Gasteiger partial charge in [0, 0.05) is 0 Å². The number of rotatable bonds is 3. The maximum atomic E-state index is 11.8. The Morgan fingerprint density at radius 3 is 2.65 bits per heavy atom. The first-order chi connectivity index (χ1) is 8.27. The lowest BCUT2D eigenvalue weighted by Crippen LogP contribution is -2.06. The molecule has 2 aromatic carbocycles. The minimum Gasteiger partial charge on any atom is -0.493 e. The van der Waals surface area contributed by atoms with E-state index >= 15 is 0 Å². The van der Waals surface area contributed by atoms with Crippen molar-refractivity contribution in [1.82, 2.24) is 0 Å². The highest BCUT2D eigenvalue weighted by molar-refractivity contribution is 6.07. The Kier molecular flexibility index (Phi) is 3.28. The number of benzene rings is 2. The zero-order valence-electron chi connectivity index (χ0n) is 9.90. The van der Waals surface area contributed by atoms with E-state index in [-0.39, 0.29) is 5.97 Å². The fourth-order valence-corrected chi connectivity index (χ4v) is 1.84. The van der Waals surface area contributed by atoms with E-state index in [0.717, 1.165) is 10.8 Å². The molecule has 0 atom stereocenters. The number of hydrogen-bond donors (Lipinski definition) is 0. The van der Waals surface area contributed by atoms with Crippen molar-refractivity contribution in [3.8, 4) is 5.75 Å². The van der Waals surface area contributed by atoms with Gasteiger partial charge in [0.2, 0.25) is 0 Å². The van der Waals surface area contributed by atoms with Crippen molar-refractivity contribution in [1.29, 1.82) is 0 Å². The van der Waals surface area contributed by atoms with Crippen LogP contribution in [0.1, 0.15) is 17.3 Å². The average molecular weight is 230 g/mol. The topological polar surface area (TPSA) is 35.5 Å². The van der Waals surface area contributed by atoms with E-state index in [4.69, 9.17) is 9.47 Å². The largest absolute Gasteiger partial charge is 0.493 e. The summed E-state index contributed by atoms with van der Waals surface area (Å²) in [7, 11) is 1.37. The van der Waals surface area contributed by atoms with Gasteiger partial charge < -0.3 is 9.47 Å². The molecule has 88 valence electrons. The Morgan fingerprint density at radius 1 is 1.18 bits per heavy atom. The van der Waals surface area contributed by atoms with E-state index in [9.17, 15) is 4.79 Å². The summed E-state index contributed by atoms with van der Waals surface area (Å²) in [5, 5.41) is 1.85. The molecule has 0 aromatic heterocycles. The fraction of sp³-hybridized carbons (Fsp3) is 0.214. The number of esters is 1. The minimum absolute atomic E-state index is 0.370. The summed E-state index contributed by atoms with van der Waals surface area (Å²) < 4.78 is 10.3. The molecule has 0 unspecified atom stereocenters. The minimum atomic E-state index is -0.370. The molecule has 3 heteroatoms. The van der Waals surface area contributed by atoms with Gasteiger partial charge in [0.1, 0.15) is 11.3 Å². The summed E-state index contributed by atoms with van der Waals surface area (Å²) in [6.45, 7) is 2.40. The summed E-state index contributed by atoms with van der Waals surface area (Å²) in [6, 6.07) is 11.4. The Balaban J connectivity index is 2.70. The molecule has 0 aliphatic heterocycles. The standard InChI is InChI=1S/C14H14O3/c1-3-17-12-9-8-10-6-4-5-7-11(10)13(12)14(15)16-2/h4-9H,3H2,1-2H3. The van der Waals surface area contributed by atoms with E-state index in [1.165, 1.54) is 7.11 Å². The van der Waals surface area contributed by atoms with Crippen LogP contribution in [-0.2, 0) is 4.74 Å². The normalized spacial score (nSPS) is 10.2. The third kappa shape index (κ3) is 2.09. The van der Waals surface area contributed by atoms with Gasteiger partial charge >= 0.3 is 5.97 Å². The highest BCUT2D eigenvalue weighted by atomic mass is 16.5. The van der Waals surface area contributed by atoms with Crippen LogP contribution in [0.5, 0.6) is 5.75 Å². The summed E-state index contributed by atoms with van der Waals surface area (Å²) in [5.74, 6) is 0.198. The van der Waals surface area contributed by atoms with Crippen LogP contribution in [0.4, 0.5) is 0 Å². The molecule has 0 heterocycles. The smallest absolute Gasteiger partial charge is 0.342 e. The van der Waals surface area contributed by atoms with Gasteiger partial charge in [-0.05, 0) is 23.8 Å². The number of methoxy groups -OCH3 is 1. The quantitative estimate of drug-likeness (QED) is 0.760. The summed E-state index contributed by atoms with van der Waals surface area (Å²) in [5.41, 5.74) is 0.493. The second-order valence-corrected chi connectivity index (χ2v) is 3.58. The lowest BCUT2D eigenvalue weighted by Gasteiger charge is -2.11. The molecular weight excluding hydrogens is 216 g/mol. The number of carbonyl (C=O) groups excluding carboxylic acids is 1. The van der Waals surface area contributed by atoms with Crippen LogP contribution in [0.15, 0.2) is 36.4 Å². The van der Waals surface area contributed by atoms with Crippen molar-refractivity contribution < 1.29 is 14.3 Å². The Labute approximate surface area is 100.0 Å². The Bertz CT molecular complexity index is 546. The van der Waals surface area contributed by atoms with Crippen molar-refractivity contribution in [2.24, 2.45) is 0 Å². The first kappa shape index (κ1) is 11.5. The third-order valence-electron chi connectivity index (χ3n) is 2.58. The predicted molar refractivity (Wildman–Crippen MR) is 66.5 cm³/mol. The molecule has 2 aromatic rings. The summed E-state index contributed by atoms with van der Waals surface area (Å²) in [6.07, 6.45) is 0. The van der Waals surface area contributed by atoms with Gasteiger partial charge in [0.15, 0.2) is 0 Å². The van der Waals surface area contributed by atoms with Crippen LogP contribution >= 0.6 is 0 Å². The number of carbonyl (C=O) groups is 1. The van der Waals surface area contributed by atoms with Crippen molar-refractivity contribution in [2.45, 2.75) is 6.92 Å². The average Bonchev–Trinajstić information content (AvgIpc) is 2.38. The molecule has 0 radical (unpaired) electrons. The molecule has 0 aliphatic carbocycles.